The van der Waals surface area contributed by atoms with Crippen molar-refractivity contribution in [3.8, 4) is 0 Å². The summed E-state index contributed by atoms with van der Waals surface area (Å²) in [6.07, 6.45) is 7.07. The van der Waals surface area contributed by atoms with E-state index in [0.29, 0.717) is 0 Å². The summed E-state index contributed by atoms with van der Waals surface area (Å²) < 4.78 is 0. The normalized spacial score (nSPS) is 9.31. The van der Waals surface area contributed by atoms with E-state index in [4.69, 9.17) is 9.90 Å². The SMILES string of the molecule is CC(=O)O.CCCCCCC(C)C. The lowest BCUT2D eigenvalue weighted by Crippen LogP contribution is -1.86. The van der Waals surface area contributed by atoms with E-state index in [1.165, 1.54) is 32.1 Å². The number of aliphatic carboxylic acids is 1. The van der Waals surface area contributed by atoms with Crippen LogP contribution in [0.1, 0.15) is 59.8 Å². The Bertz CT molecular complexity index is 105. The molecule has 0 aromatic carbocycles. The molecule has 2 nitrogen and oxygen atoms in total. The molecule has 0 amide bonds. The molecule has 0 saturated heterocycles. The second-order valence-electron chi connectivity index (χ2n) is 3.76. The Hall–Kier alpha value is -0.530. The van der Waals surface area contributed by atoms with Crippen LogP contribution in [0, 0.1) is 5.92 Å². The highest BCUT2D eigenvalue weighted by Crippen LogP contribution is 2.08. The van der Waals surface area contributed by atoms with Gasteiger partial charge in [0.25, 0.3) is 5.97 Å². The second-order valence-corrected chi connectivity index (χ2v) is 3.76. The topological polar surface area (TPSA) is 37.3 Å². The van der Waals surface area contributed by atoms with E-state index in [-0.39, 0.29) is 0 Å². The number of rotatable bonds is 5. The third-order valence-electron chi connectivity index (χ3n) is 1.64. The van der Waals surface area contributed by atoms with Gasteiger partial charge in [-0.2, -0.15) is 0 Å². The summed E-state index contributed by atoms with van der Waals surface area (Å²) in [6, 6.07) is 0. The van der Waals surface area contributed by atoms with E-state index in [9.17, 15) is 0 Å². The number of carboxylic acids is 1. The van der Waals surface area contributed by atoms with Crippen molar-refractivity contribution in [2.45, 2.75) is 59.8 Å². The summed E-state index contributed by atoms with van der Waals surface area (Å²) >= 11 is 0. The predicted octanol–water partition coefficient (Wildman–Crippen LogP) is 3.70. The Morgan fingerprint density at radius 2 is 1.69 bits per heavy atom. The number of hydrogen-bond donors (Lipinski definition) is 1. The number of carboxylic acid groups (broad SMARTS) is 1. The molecule has 0 unspecified atom stereocenters. The highest BCUT2D eigenvalue weighted by molar-refractivity contribution is 5.62. The first kappa shape index (κ1) is 15.0. The van der Waals surface area contributed by atoms with Crippen LogP contribution in [0.15, 0.2) is 0 Å². The van der Waals surface area contributed by atoms with Crippen LogP contribution in [-0.2, 0) is 4.79 Å². The van der Waals surface area contributed by atoms with Crippen LogP contribution in [0.5, 0.6) is 0 Å². The van der Waals surface area contributed by atoms with Crippen molar-refractivity contribution in [2.75, 3.05) is 0 Å². The van der Waals surface area contributed by atoms with Crippen LogP contribution >= 0.6 is 0 Å². The fourth-order valence-corrected chi connectivity index (χ4v) is 0.979. The Labute approximate surface area is 82.4 Å². The first-order valence-electron chi connectivity index (χ1n) is 5.20. The molecule has 0 fully saturated rings. The van der Waals surface area contributed by atoms with Gasteiger partial charge < -0.3 is 5.11 Å². The molecule has 0 aliphatic heterocycles. The second kappa shape index (κ2) is 11.5. The summed E-state index contributed by atoms with van der Waals surface area (Å²) in [4.78, 5) is 9.00. The average Bonchev–Trinajstić information content (AvgIpc) is 1.97. The van der Waals surface area contributed by atoms with Gasteiger partial charge in [0.15, 0.2) is 0 Å². The van der Waals surface area contributed by atoms with E-state index in [1.807, 2.05) is 0 Å². The minimum atomic E-state index is -0.833. The standard InChI is InChI=1S/C9H20.C2H4O2/c1-4-5-6-7-8-9(2)3;1-2(3)4/h9H,4-8H2,1-3H3;1H3,(H,3,4). The summed E-state index contributed by atoms with van der Waals surface area (Å²) in [5.74, 6) is 0.0712. The van der Waals surface area contributed by atoms with Crippen molar-refractivity contribution in [3.05, 3.63) is 0 Å². The molecule has 2 heteroatoms. The maximum absolute atomic E-state index is 9.00. The maximum Gasteiger partial charge on any atom is 0.300 e. The monoisotopic (exact) mass is 188 g/mol. The quantitative estimate of drug-likeness (QED) is 0.668. The molecular formula is C11H24O2. The Balaban J connectivity index is 0. The predicted molar refractivity (Wildman–Crippen MR) is 56.9 cm³/mol. The average molecular weight is 188 g/mol. The van der Waals surface area contributed by atoms with E-state index in [0.717, 1.165) is 12.8 Å². The molecule has 0 atom stereocenters. The van der Waals surface area contributed by atoms with Gasteiger partial charge >= 0.3 is 0 Å². The molecule has 1 N–H and O–H groups in total. The lowest BCUT2D eigenvalue weighted by molar-refractivity contribution is -0.134. The molecule has 0 aliphatic carbocycles. The zero-order valence-corrected chi connectivity index (χ0v) is 9.47. The Kier molecular flexibility index (Phi) is 13.2. The van der Waals surface area contributed by atoms with Gasteiger partial charge in [-0.25, -0.2) is 0 Å². The summed E-state index contributed by atoms with van der Waals surface area (Å²) in [5.41, 5.74) is 0. The first-order chi connectivity index (χ1) is 6.00. The number of carbonyl (C=O) groups is 1. The summed E-state index contributed by atoms with van der Waals surface area (Å²) in [5, 5.41) is 7.42. The minimum Gasteiger partial charge on any atom is -0.481 e. The van der Waals surface area contributed by atoms with Gasteiger partial charge in [0.05, 0.1) is 0 Å². The molecule has 0 heterocycles. The van der Waals surface area contributed by atoms with Gasteiger partial charge in [-0.3, -0.25) is 4.79 Å². The van der Waals surface area contributed by atoms with Crippen LogP contribution in [0.25, 0.3) is 0 Å². The van der Waals surface area contributed by atoms with Crippen molar-refractivity contribution >= 4 is 5.97 Å². The third-order valence-corrected chi connectivity index (χ3v) is 1.64. The fraction of sp³-hybridized carbons (Fsp3) is 0.909. The molecule has 0 aliphatic rings. The van der Waals surface area contributed by atoms with Crippen LogP contribution in [0.2, 0.25) is 0 Å². The van der Waals surface area contributed by atoms with Crippen molar-refractivity contribution < 1.29 is 9.90 Å². The zero-order chi connectivity index (χ0) is 10.7. The molecule has 0 radical (unpaired) electrons. The smallest absolute Gasteiger partial charge is 0.300 e. The molecule has 13 heavy (non-hydrogen) atoms. The molecular weight excluding hydrogens is 164 g/mol. The van der Waals surface area contributed by atoms with Gasteiger partial charge in [0.2, 0.25) is 0 Å². The van der Waals surface area contributed by atoms with Crippen LogP contribution in [0.3, 0.4) is 0 Å². The molecule has 0 aromatic rings. The highest BCUT2D eigenvalue weighted by atomic mass is 16.4. The van der Waals surface area contributed by atoms with Gasteiger partial charge in [-0.15, -0.1) is 0 Å². The van der Waals surface area contributed by atoms with Gasteiger partial charge in [0.1, 0.15) is 0 Å². The third kappa shape index (κ3) is 34.4. The lowest BCUT2D eigenvalue weighted by Gasteiger charge is -2.01. The van der Waals surface area contributed by atoms with Gasteiger partial charge in [-0.05, 0) is 5.92 Å². The molecule has 0 bridgehead atoms. The Morgan fingerprint density at radius 3 is 2.00 bits per heavy atom. The molecule has 0 saturated carbocycles. The molecule has 0 aromatic heterocycles. The minimum absolute atomic E-state index is 0.833. The van der Waals surface area contributed by atoms with Crippen molar-refractivity contribution in [1.82, 2.24) is 0 Å². The largest absolute Gasteiger partial charge is 0.481 e. The first-order valence-corrected chi connectivity index (χ1v) is 5.20. The summed E-state index contributed by atoms with van der Waals surface area (Å²) in [7, 11) is 0. The van der Waals surface area contributed by atoms with E-state index in [2.05, 4.69) is 20.8 Å². The van der Waals surface area contributed by atoms with Crippen molar-refractivity contribution in [2.24, 2.45) is 5.92 Å². The van der Waals surface area contributed by atoms with Crippen molar-refractivity contribution in [3.63, 3.8) is 0 Å². The zero-order valence-electron chi connectivity index (χ0n) is 9.47. The van der Waals surface area contributed by atoms with Crippen LogP contribution < -0.4 is 0 Å². The lowest BCUT2D eigenvalue weighted by atomic mass is 10.1. The van der Waals surface area contributed by atoms with E-state index < -0.39 is 5.97 Å². The fourth-order valence-electron chi connectivity index (χ4n) is 0.979. The van der Waals surface area contributed by atoms with Crippen LogP contribution in [0.4, 0.5) is 0 Å². The maximum atomic E-state index is 9.00. The molecule has 0 rings (SSSR count). The van der Waals surface area contributed by atoms with E-state index >= 15 is 0 Å². The molecule has 0 spiro atoms. The number of unbranched alkanes of at least 4 members (excludes halogenated alkanes) is 3. The van der Waals surface area contributed by atoms with Gasteiger partial charge in [0, 0.05) is 6.92 Å². The molecule has 80 valence electrons. The van der Waals surface area contributed by atoms with Gasteiger partial charge in [-0.1, -0.05) is 52.9 Å². The van der Waals surface area contributed by atoms with E-state index in [1.54, 1.807) is 0 Å². The highest BCUT2D eigenvalue weighted by Gasteiger charge is 1.91. The number of hydrogen-bond acceptors (Lipinski definition) is 1. The Morgan fingerprint density at radius 1 is 1.23 bits per heavy atom. The van der Waals surface area contributed by atoms with Crippen LogP contribution in [-0.4, -0.2) is 11.1 Å². The summed E-state index contributed by atoms with van der Waals surface area (Å²) in [6.45, 7) is 7.94. The van der Waals surface area contributed by atoms with Crippen molar-refractivity contribution in [1.29, 1.82) is 0 Å².